The number of fused-ring (bicyclic) bond motifs is 1. The highest BCUT2D eigenvalue weighted by Gasteiger charge is 2.41. The number of aryl methyl sites for hydroxylation is 1. The van der Waals surface area contributed by atoms with E-state index in [4.69, 9.17) is 4.74 Å². The van der Waals surface area contributed by atoms with Gasteiger partial charge in [-0.25, -0.2) is 13.2 Å². The number of hydrogen-bond donors (Lipinski definition) is 2. The van der Waals surface area contributed by atoms with Crippen LogP contribution in [-0.4, -0.2) is 58.6 Å². The number of carbonyl (C=O) groups is 1. The number of aliphatic carboxylic acids is 1. The minimum absolute atomic E-state index is 0.0788. The van der Waals surface area contributed by atoms with Crippen LogP contribution in [0.5, 0.6) is 5.75 Å². The fourth-order valence-corrected chi connectivity index (χ4v) is 6.11. The zero-order chi connectivity index (χ0) is 27.4. The molecule has 204 valence electrons. The molecule has 10 heteroatoms. The fraction of sp³-hybridized carbons (Fsp3) is 0.429. The average Bonchev–Trinajstić information content (AvgIpc) is 2.90. The summed E-state index contributed by atoms with van der Waals surface area (Å²) in [6, 6.07) is 6.96. The molecule has 3 aromatic rings. The standard InChI is InChI=1S/C28H31F3N2O4S/c1-17-16-32-22-4-3-19(37-2)15-20(22)25(17)23(34)5-6-28(27(35)36)7-9-33(10-8-28)11-12-38-24-14-18(29)13-21(30)26(24)31/h3-4,13-16,23,34H,5-12H2,1-2H3,(H,35,36)/t23-/m1/s1. The van der Waals surface area contributed by atoms with Crippen LogP contribution in [0.3, 0.4) is 0 Å². The molecule has 1 aliphatic rings. The Morgan fingerprint density at radius 1 is 1.21 bits per heavy atom. The third kappa shape index (κ3) is 6.08. The zero-order valence-corrected chi connectivity index (χ0v) is 22.2. The zero-order valence-electron chi connectivity index (χ0n) is 21.3. The number of aromatic nitrogens is 1. The van der Waals surface area contributed by atoms with Crippen molar-refractivity contribution in [2.75, 3.05) is 32.5 Å². The van der Waals surface area contributed by atoms with E-state index >= 15 is 0 Å². The van der Waals surface area contributed by atoms with Gasteiger partial charge in [-0.05, 0) is 81.1 Å². The average molecular weight is 549 g/mol. The lowest BCUT2D eigenvalue weighted by Crippen LogP contribution is -2.45. The monoisotopic (exact) mass is 548 g/mol. The van der Waals surface area contributed by atoms with Crippen molar-refractivity contribution in [1.29, 1.82) is 0 Å². The third-order valence-electron chi connectivity index (χ3n) is 7.44. The van der Waals surface area contributed by atoms with Crippen molar-refractivity contribution in [3.8, 4) is 5.75 Å². The SMILES string of the molecule is COc1ccc2ncc(C)c([C@H](O)CCC3(C(=O)O)CCN(CCSc4cc(F)cc(F)c4F)CC3)c2c1. The van der Waals surface area contributed by atoms with Gasteiger partial charge >= 0.3 is 5.97 Å². The lowest BCUT2D eigenvalue weighted by Gasteiger charge is -2.39. The number of aliphatic hydroxyl groups is 1. The van der Waals surface area contributed by atoms with Crippen LogP contribution in [-0.2, 0) is 4.79 Å². The van der Waals surface area contributed by atoms with Gasteiger partial charge in [-0.15, -0.1) is 11.8 Å². The van der Waals surface area contributed by atoms with E-state index in [2.05, 4.69) is 9.88 Å². The van der Waals surface area contributed by atoms with Gasteiger partial charge < -0.3 is 19.8 Å². The Labute approximate surface area is 223 Å². The van der Waals surface area contributed by atoms with Crippen molar-refractivity contribution in [2.24, 2.45) is 5.41 Å². The van der Waals surface area contributed by atoms with Gasteiger partial charge in [0.15, 0.2) is 11.6 Å². The van der Waals surface area contributed by atoms with Crippen molar-refractivity contribution in [2.45, 2.75) is 43.6 Å². The fourth-order valence-electron chi connectivity index (χ4n) is 5.12. The highest BCUT2D eigenvalue weighted by atomic mass is 32.2. The van der Waals surface area contributed by atoms with Gasteiger partial charge in [-0.1, -0.05) is 0 Å². The Bertz CT molecular complexity index is 1310. The number of carboxylic acid groups (broad SMARTS) is 1. The lowest BCUT2D eigenvalue weighted by atomic mass is 9.74. The number of methoxy groups -OCH3 is 1. The van der Waals surface area contributed by atoms with Crippen LogP contribution in [0.2, 0.25) is 0 Å². The first-order valence-corrected chi connectivity index (χ1v) is 13.5. The summed E-state index contributed by atoms with van der Waals surface area (Å²) >= 11 is 1.03. The van der Waals surface area contributed by atoms with E-state index in [-0.39, 0.29) is 11.3 Å². The van der Waals surface area contributed by atoms with Crippen LogP contribution < -0.4 is 4.74 Å². The second-order valence-electron chi connectivity index (χ2n) is 9.77. The molecule has 0 saturated carbocycles. The molecule has 2 aromatic carbocycles. The highest BCUT2D eigenvalue weighted by molar-refractivity contribution is 7.99. The van der Waals surface area contributed by atoms with Gasteiger partial charge in [0.1, 0.15) is 11.6 Å². The second kappa shape index (κ2) is 11.9. The Morgan fingerprint density at radius 3 is 2.63 bits per heavy atom. The molecule has 0 aliphatic carbocycles. The first-order valence-electron chi connectivity index (χ1n) is 12.5. The molecule has 1 aliphatic heterocycles. The molecular formula is C28H31F3N2O4S. The molecular weight excluding hydrogens is 517 g/mol. The van der Waals surface area contributed by atoms with Crippen LogP contribution in [0.1, 0.15) is 42.9 Å². The summed E-state index contributed by atoms with van der Waals surface area (Å²) in [5.74, 6) is -2.92. The summed E-state index contributed by atoms with van der Waals surface area (Å²) in [5.41, 5.74) is 1.32. The number of rotatable bonds is 10. The minimum Gasteiger partial charge on any atom is -0.497 e. The lowest BCUT2D eigenvalue weighted by molar-refractivity contribution is -0.153. The number of benzene rings is 2. The largest absolute Gasteiger partial charge is 0.497 e. The number of piperidine rings is 1. The number of likely N-dealkylation sites (tertiary alicyclic amines) is 1. The molecule has 1 saturated heterocycles. The maximum absolute atomic E-state index is 13.9. The van der Waals surface area contributed by atoms with Crippen molar-refractivity contribution < 1.29 is 32.9 Å². The number of aliphatic hydroxyl groups excluding tert-OH is 1. The van der Waals surface area contributed by atoms with Gasteiger partial charge in [0, 0.05) is 34.8 Å². The molecule has 1 fully saturated rings. The highest BCUT2D eigenvalue weighted by Crippen LogP contribution is 2.40. The number of nitrogens with zero attached hydrogens (tertiary/aromatic N) is 2. The van der Waals surface area contributed by atoms with E-state index in [9.17, 15) is 28.2 Å². The van der Waals surface area contributed by atoms with Gasteiger partial charge in [0.05, 0.1) is 24.1 Å². The molecule has 0 bridgehead atoms. The van der Waals surface area contributed by atoms with E-state index < -0.39 is 34.9 Å². The van der Waals surface area contributed by atoms with Crippen LogP contribution in [0.25, 0.3) is 10.9 Å². The molecule has 0 spiro atoms. The Hall–Kier alpha value is -2.82. The first-order chi connectivity index (χ1) is 18.1. The van der Waals surface area contributed by atoms with Crippen molar-refractivity contribution >= 4 is 28.6 Å². The normalized spacial score (nSPS) is 16.5. The predicted octanol–water partition coefficient (Wildman–Crippen LogP) is 5.74. The maximum Gasteiger partial charge on any atom is 0.309 e. The second-order valence-corrected chi connectivity index (χ2v) is 10.9. The summed E-state index contributed by atoms with van der Waals surface area (Å²) in [7, 11) is 1.57. The van der Waals surface area contributed by atoms with E-state index in [1.54, 1.807) is 19.4 Å². The maximum atomic E-state index is 13.9. The van der Waals surface area contributed by atoms with E-state index in [0.29, 0.717) is 56.5 Å². The number of pyridine rings is 1. The first kappa shape index (κ1) is 28.2. The molecule has 4 rings (SSSR count). The van der Waals surface area contributed by atoms with Gasteiger partial charge in [-0.3, -0.25) is 9.78 Å². The topological polar surface area (TPSA) is 82.9 Å². The van der Waals surface area contributed by atoms with Gasteiger partial charge in [0.25, 0.3) is 0 Å². The summed E-state index contributed by atoms with van der Waals surface area (Å²) < 4.78 is 46.1. The number of carboxylic acids is 1. The molecule has 1 aromatic heterocycles. The van der Waals surface area contributed by atoms with Crippen LogP contribution in [0.4, 0.5) is 13.2 Å². The van der Waals surface area contributed by atoms with E-state index in [1.165, 1.54) is 0 Å². The number of thioether (sulfide) groups is 1. The van der Waals surface area contributed by atoms with Crippen molar-refractivity contribution in [1.82, 2.24) is 9.88 Å². The van der Waals surface area contributed by atoms with E-state index in [0.717, 1.165) is 39.9 Å². The van der Waals surface area contributed by atoms with Crippen molar-refractivity contribution in [3.05, 3.63) is 65.1 Å². The molecule has 0 radical (unpaired) electrons. The van der Waals surface area contributed by atoms with Crippen LogP contribution in [0.15, 0.2) is 41.4 Å². The quantitative estimate of drug-likeness (QED) is 0.247. The molecule has 1 atom stereocenters. The molecule has 0 amide bonds. The molecule has 2 heterocycles. The van der Waals surface area contributed by atoms with Crippen LogP contribution in [0, 0.1) is 29.8 Å². The third-order valence-corrected chi connectivity index (χ3v) is 8.43. The van der Waals surface area contributed by atoms with Gasteiger partial charge in [-0.2, -0.15) is 0 Å². The smallest absolute Gasteiger partial charge is 0.309 e. The summed E-state index contributed by atoms with van der Waals surface area (Å²) in [6.45, 7) is 3.46. The Kier molecular flexibility index (Phi) is 8.85. The number of ether oxygens (including phenoxy) is 1. The molecule has 0 unspecified atom stereocenters. The van der Waals surface area contributed by atoms with Crippen molar-refractivity contribution in [3.63, 3.8) is 0 Å². The predicted molar refractivity (Wildman–Crippen MR) is 140 cm³/mol. The number of hydrogen-bond acceptors (Lipinski definition) is 6. The van der Waals surface area contributed by atoms with Crippen LogP contribution >= 0.6 is 11.8 Å². The Balaban J connectivity index is 1.37. The number of halogens is 3. The summed E-state index contributed by atoms with van der Waals surface area (Å²) in [6.07, 6.45) is 2.26. The summed E-state index contributed by atoms with van der Waals surface area (Å²) in [4.78, 5) is 18.8. The molecule has 2 N–H and O–H groups in total. The van der Waals surface area contributed by atoms with E-state index in [1.807, 2.05) is 19.1 Å². The summed E-state index contributed by atoms with van der Waals surface area (Å²) in [5, 5.41) is 22.1. The van der Waals surface area contributed by atoms with Gasteiger partial charge in [0.2, 0.25) is 0 Å². The Morgan fingerprint density at radius 2 is 1.95 bits per heavy atom. The molecule has 6 nitrogen and oxygen atoms in total. The molecule has 38 heavy (non-hydrogen) atoms. The minimum atomic E-state index is -1.21.